The molecule has 0 unspecified atom stereocenters. The van der Waals surface area contributed by atoms with Crippen molar-refractivity contribution in [3.05, 3.63) is 64.7 Å². The second kappa shape index (κ2) is 8.88. The van der Waals surface area contributed by atoms with Gasteiger partial charge in [0.2, 0.25) is 10.0 Å². The number of nitrogens with one attached hydrogen (secondary N) is 1. The molecule has 6 nitrogen and oxygen atoms in total. The fourth-order valence-corrected chi connectivity index (χ4v) is 6.31. The van der Waals surface area contributed by atoms with Crippen molar-refractivity contribution in [3.8, 4) is 0 Å². The average molecular weight is 431 g/mol. The summed E-state index contributed by atoms with van der Waals surface area (Å²) in [5, 5.41) is 0. The summed E-state index contributed by atoms with van der Waals surface area (Å²) in [6.45, 7) is 7.66. The molecule has 3 rings (SSSR count). The van der Waals surface area contributed by atoms with E-state index in [1.54, 1.807) is 23.3 Å². The molecule has 0 aromatic heterocycles. The first kappa shape index (κ1) is 22.5. The fourth-order valence-electron chi connectivity index (χ4n) is 4.46. The minimum atomic E-state index is -3.57. The number of piperazine rings is 1. The van der Waals surface area contributed by atoms with Crippen molar-refractivity contribution in [2.24, 2.45) is 0 Å². The van der Waals surface area contributed by atoms with E-state index in [2.05, 4.69) is 0 Å². The third-order valence-electron chi connectivity index (χ3n) is 5.80. The van der Waals surface area contributed by atoms with E-state index in [9.17, 15) is 13.2 Å². The smallest absolute Gasteiger partial charge is 0.285 e. The van der Waals surface area contributed by atoms with Crippen LogP contribution in [0.1, 0.15) is 28.3 Å². The van der Waals surface area contributed by atoms with Gasteiger partial charge in [0.05, 0.1) is 31.1 Å². The second-order valence-electron chi connectivity index (χ2n) is 8.37. The maximum Gasteiger partial charge on any atom is 0.285 e. The Kier molecular flexibility index (Phi) is 6.65. The maximum atomic E-state index is 13.4. The zero-order chi connectivity index (χ0) is 22.1. The molecule has 1 saturated heterocycles. The molecular weight excluding hydrogens is 398 g/mol. The van der Waals surface area contributed by atoms with Crippen LogP contribution in [0.5, 0.6) is 0 Å². The summed E-state index contributed by atoms with van der Waals surface area (Å²) in [6.07, 6.45) is 0. The quantitative estimate of drug-likeness (QED) is 0.779. The number of hydrogen-bond acceptors (Lipinski definition) is 3. The van der Waals surface area contributed by atoms with Crippen LogP contribution in [0.15, 0.2) is 47.4 Å². The topological polar surface area (TPSA) is 62.1 Å². The number of benzene rings is 2. The molecule has 0 saturated carbocycles. The first-order chi connectivity index (χ1) is 14.1. The van der Waals surface area contributed by atoms with Crippen molar-refractivity contribution in [1.82, 2.24) is 9.21 Å². The number of quaternary nitrogens is 1. The Bertz CT molecular complexity index is 988. The van der Waals surface area contributed by atoms with Gasteiger partial charge in [0.25, 0.3) is 5.91 Å². The largest absolute Gasteiger partial charge is 0.343 e. The number of amides is 1. The SMILES string of the molecule is Cc1cc(C)c(S(=O)(=O)N2CC[NH+]([C@H](C(=O)N(C)C)c3ccccc3)CC2)c(C)c1. The molecule has 1 N–H and O–H groups in total. The summed E-state index contributed by atoms with van der Waals surface area (Å²) < 4.78 is 28.3. The lowest BCUT2D eigenvalue weighted by Gasteiger charge is -2.36. The first-order valence-electron chi connectivity index (χ1n) is 10.3. The van der Waals surface area contributed by atoms with Gasteiger partial charge < -0.3 is 9.80 Å². The number of hydrogen-bond donors (Lipinski definition) is 1. The summed E-state index contributed by atoms with van der Waals surface area (Å²) in [4.78, 5) is 16.1. The van der Waals surface area contributed by atoms with Crippen molar-refractivity contribution in [2.75, 3.05) is 40.3 Å². The van der Waals surface area contributed by atoms with Crippen molar-refractivity contribution < 1.29 is 18.1 Å². The number of carbonyl (C=O) groups is 1. The molecule has 0 spiro atoms. The number of nitrogens with zero attached hydrogens (tertiary/aromatic N) is 2. The summed E-state index contributed by atoms with van der Waals surface area (Å²) in [6, 6.07) is 13.3. The molecular formula is C23H32N3O3S+. The molecule has 1 atom stereocenters. The molecule has 1 amide bonds. The Morgan fingerprint density at radius 1 is 1.00 bits per heavy atom. The van der Waals surface area contributed by atoms with Gasteiger partial charge in [0, 0.05) is 19.7 Å². The van der Waals surface area contributed by atoms with Crippen molar-refractivity contribution in [2.45, 2.75) is 31.7 Å². The first-order valence-corrected chi connectivity index (χ1v) is 11.8. The van der Waals surface area contributed by atoms with Crippen LogP contribution in [0.2, 0.25) is 0 Å². The molecule has 0 aliphatic carbocycles. The van der Waals surface area contributed by atoms with Crippen LogP contribution in [-0.4, -0.2) is 63.8 Å². The Morgan fingerprint density at radius 3 is 2.03 bits per heavy atom. The average Bonchev–Trinajstić information content (AvgIpc) is 2.68. The molecule has 1 aliphatic rings. The van der Waals surface area contributed by atoms with Gasteiger partial charge >= 0.3 is 0 Å². The Hall–Kier alpha value is -2.22. The van der Waals surface area contributed by atoms with Crippen LogP contribution in [0.25, 0.3) is 0 Å². The van der Waals surface area contributed by atoms with Gasteiger partial charge in [-0.1, -0.05) is 48.0 Å². The standard InChI is InChI=1S/C23H31N3O3S/c1-17-15-18(2)22(19(3)16-17)30(28,29)26-13-11-25(12-14-26)21(23(27)24(4)5)20-9-7-6-8-10-20/h6-10,15-16,21H,11-14H2,1-5H3/p+1/t21-/m0/s1. The predicted molar refractivity (Wildman–Crippen MR) is 118 cm³/mol. The van der Waals surface area contributed by atoms with Gasteiger partial charge in [-0.25, -0.2) is 8.42 Å². The molecule has 7 heteroatoms. The highest BCUT2D eigenvalue weighted by atomic mass is 32.2. The molecule has 0 bridgehead atoms. The van der Waals surface area contributed by atoms with Crippen LogP contribution in [0, 0.1) is 20.8 Å². The van der Waals surface area contributed by atoms with E-state index in [1.807, 2.05) is 63.2 Å². The van der Waals surface area contributed by atoms with E-state index in [-0.39, 0.29) is 11.9 Å². The predicted octanol–water partition coefficient (Wildman–Crippen LogP) is 1.33. The van der Waals surface area contributed by atoms with Gasteiger partial charge in [0.15, 0.2) is 6.04 Å². The summed E-state index contributed by atoms with van der Waals surface area (Å²) in [5.74, 6) is 0.0396. The second-order valence-corrected chi connectivity index (χ2v) is 10.2. The van der Waals surface area contributed by atoms with Crippen LogP contribution >= 0.6 is 0 Å². The zero-order valence-electron chi connectivity index (χ0n) is 18.5. The van der Waals surface area contributed by atoms with Gasteiger partial charge in [0.1, 0.15) is 0 Å². The number of likely N-dealkylation sites (N-methyl/N-ethyl adjacent to an activating group) is 1. The molecule has 2 aromatic carbocycles. The monoisotopic (exact) mass is 430 g/mol. The van der Waals surface area contributed by atoms with E-state index < -0.39 is 10.0 Å². The Balaban J connectivity index is 1.83. The summed E-state index contributed by atoms with van der Waals surface area (Å²) in [5.41, 5.74) is 3.60. The molecule has 30 heavy (non-hydrogen) atoms. The van der Waals surface area contributed by atoms with E-state index in [0.29, 0.717) is 31.1 Å². The van der Waals surface area contributed by atoms with Crippen molar-refractivity contribution >= 4 is 15.9 Å². The van der Waals surface area contributed by atoms with Gasteiger partial charge in [-0.2, -0.15) is 4.31 Å². The minimum absolute atomic E-state index is 0.0396. The van der Waals surface area contributed by atoms with E-state index in [0.717, 1.165) is 27.2 Å². The molecule has 0 radical (unpaired) electrons. The number of aryl methyl sites for hydroxylation is 3. The van der Waals surface area contributed by atoms with Crippen LogP contribution < -0.4 is 4.90 Å². The molecule has 1 aliphatic heterocycles. The molecule has 1 fully saturated rings. The highest BCUT2D eigenvalue weighted by Crippen LogP contribution is 2.25. The highest BCUT2D eigenvalue weighted by Gasteiger charge is 2.38. The molecule has 162 valence electrons. The summed E-state index contributed by atoms with van der Waals surface area (Å²) in [7, 11) is -0.0353. The zero-order valence-corrected chi connectivity index (χ0v) is 19.3. The Labute approximate surface area is 180 Å². The third kappa shape index (κ3) is 4.43. The summed E-state index contributed by atoms with van der Waals surface area (Å²) >= 11 is 0. The lowest BCUT2D eigenvalue weighted by Crippen LogP contribution is -3.16. The van der Waals surface area contributed by atoms with Crippen LogP contribution in [0.4, 0.5) is 0 Å². The number of carbonyl (C=O) groups excluding carboxylic acids is 1. The normalized spacial score (nSPS) is 17.0. The number of rotatable bonds is 5. The van der Waals surface area contributed by atoms with Crippen molar-refractivity contribution in [1.29, 1.82) is 0 Å². The lowest BCUT2D eigenvalue weighted by atomic mass is 10.0. The minimum Gasteiger partial charge on any atom is -0.343 e. The van der Waals surface area contributed by atoms with Crippen molar-refractivity contribution in [3.63, 3.8) is 0 Å². The molecule has 1 heterocycles. The fraction of sp³-hybridized carbons (Fsp3) is 0.435. The maximum absolute atomic E-state index is 13.4. The van der Waals surface area contributed by atoms with E-state index in [4.69, 9.17) is 0 Å². The van der Waals surface area contributed by atoms with Crippen LogP contribution in [0.3, 0.4) is 0 Å². The number of sulfonamides is 1. The molecule has 2 aromatic rings. The van der Waals surface area contributed by atoms with Gasteiger partial charge in [-0.3, -0.25) is 4.79 Å². The van der Waals surface area contributed by atoms with Gasteiger partial charge in [-0.15, -0.1) is 0 Å². The Morgan fingerprint density at radius 2 is 1.53 bits per heavy atom. The van der Waals surface area contributed by atoms with E-state index >= 15 is 0 Å². The van der Waals surface area contributed by atoms with Gasteiger partial charge in [-0.05, 0) is 31.9 Å². The van der Waals surface area contributed by atoms with E-state index in [1.165, 1.54) is 0 Å². The highest BCUT2D eigenvalue weighted by molar-refractivity contribution is 7.89. The lowest BCUT2D eigenvalue weighted by molar-refractivity contribution is -0.925. The van der Waals surface area contributed by atoms with Crippen LogP contribution in [-0.2, 0) is 14.8 Å². The third-order valence-corrected chi connectivity index (χ3v) is 8.00.